The van der Waals surface area contributed by atoms with Crippen LogP contribution in [0.15, 0.2) is 12.3 Å². The lowest BCUT2D eigenvalue weighted by Crippen LogP contribution is -2.21. The zero-order valence-electron chi connectivity index (χ0n) is 10.7. The fraction of sp³-hybridized carbons (Fsp3) is 0.538. The molecule has 1 atom stereocenters. The minimum absolute atomic E-state index is 0.280. The van der Waals surface area contributed by atoms with Gasteiger partial charge in [-0.05, 0) is 31.4 Å². The normalized spacial score (nSPS) is 12.2. The number of carboxylic acid groups (broad SMARTS) is 1. The second-order valence-electron chi connectivity index (χ2n) is 4.19. The number of carboxylic acids is 1. The van der Waals surface area contributed by atoms with Crippen molar-refractivity contribution in [1.82, 2.24) is 4.98 Å². The zero-order chi connectivity index (χ0) is 12.8. The fourth-order valence-corrected chi connectivity index (χ4v) is 1.86. The van der Waals surface area contributed by atoms with Gasteiger partial charge in [-0.3, -0.25) is 0 Å². The van der Waals surface area contributed by atoms with Crippen molar-refractivity contribution in [3.8, 4) is 0 Å². The van der Waals surface area contributed by atoms with Crippen LogP contribution >= 0.6 is 0 Å². The molecule has 1 heterocycles. The van der Waals surface area contributed by atoms with Gasteiger partial charge in [0, 0.05) is 12.2 Å². The van der Waals surface area contributed by atoms with Gasteiger partial charge in [-0.2, -0.15) is 0 Å². The number of aryl methyl sites for hydroxylation is 1. The highest BCUT2D eigenvalue weighted by molar-refractivity contribution is 5.94. The summed E-state index contributed by atoms with van der Waals surface area (Å²) in [4.78, 5) is 15.3. The molecule has 0 saturated heterocycles. The van der Waals surface area contributed by atoms with E-state index in [2.05, 4.69) is 24.1 Å². The predicted octanol–water partition coefficient (Wildman–Crippen LogP) is 3.08. The van der Waals surface area contributed by atoms with Gasteiger partial charge in [0.15, 0.2) is 0 Å². The van der Waals surface area contributed by atoms with Crippen LogP contribution in [0.5, 0.6) is 0 Å². The van der Waals surface area contributed by atoms with Gasteiger partial charge in [0.05, 0.1) is 0 Å². The van der Waals surface area contributed by atoms with Crippen LogP contribution < -0.4 is 5.32 Å². The molecule has 0 radical (unpaired) electrons. The van der Waals surface area contributed by atoms with Crippen LogP contribution in [0.25, 0.3) is 0 Å². The Balaban J connectivity index is 2.97. The van der Waals surface area contributed by atoms with E-state index >= 15 is 0 Å². The number of aromatic nitrogens is 1. The number of carbonyl (C=O) groups is 1. The third-order valence-electron chi connectivity index (χ3n) is 2.84. The summed E-state index contributed by atoms with van der Waals surface area (Å²) in [5.74, 6) is -0.442. The van der Waals surface area contributed by atoms with E-state index in [-0.39, 0.29) is 11.6 Å². The van der Waals surface area contributed by atoms with E-state index in [9.17, 15) is 9.90 Å². The molecule has 0 saturated carbocycles. The average molecular weight is 236 g/mol. The van der Waals surface area contributed by atoms with Crippen LogP contribution in [-0.4, -0.2) is 22.1 Å². The SMILES string of the molecule is CCCC(CC)Nc1nccc(C)c1C(=O)O. The summed E-state index contributed by atoms with van der Waals surface area (Å²) in [6.45, 7) is 5.99. The van der Waals surface area contributed by atoms with Crippen LogP contribution in [-0.2, 0) is 0 Å². The summed E-state index contributed by atoms with van der Waals surface area (Å²) in [5.41, 5.74) is 1.02. The maximum Gasteiger partial charge on any atom is 0.339 e. The number of anilines is 1. The van der Waals surface area contributed by atoms with Gasteiger partial charge in [-0.1, -0.05) is 20.3 Å². The molecule has 1 aromatic heterocycles. The van der Waals surface area contributed by atoms with E-state index in [1.54, 1.807) is 19.2 Å². The van der Waals surface area contributed by atoms with Gasteiger partial charge in [-0.25, -0.2) is 9.78 Å². The lowest BCUT2D eigenvalue weighted by atomic mass is 10.1. The lowest BCUT2D eigenvalue weighted by molar-refractivity contribution is 0.0696. The average Bonchev–Trinajstić information content (AvgIpc) is 2.28. The zero-order valence-corrected chi connectivity index (χ0v) is 10.7. The summed E-state index contributed by atoms with van der Waals surface area (Å²) in [6.07, 6.45) is 4.69. The molecular weight excluding hydrogens is 216 g/mol. The first-order valence-corrected chi connectivity index (χ1v) is 6.05. The number of pyridine rings is 1. The molecule has 0 amide bonds. The van der Waals surface area contributed by atoms with E-state index in [0.717, 1.165) is 24.8 Å². The largest absolute Gasteiger partial charge is 0.478 e. The third kappa shape index (κ3) is 3.44. The van der Waals surface area contributed by atoms with E-state index in [1.807, 2.05) is 0 Å². The van der Waals surface area contributed by atoms with Crippen LogP contribution in [0, 0.1) is 6.92 Å². The molecule has 0 bridgehead atoms. The first-order valence-electron chi connectivity index (χ1n) is 6.05. The van der Waals surface area contributed by atoms with Gasteiger partial charge in [0.2, 0.25) is 0 Å². The third-order valence-corrected chi connectivity index (χ3v) is 2.84. The Labute approximate surface area is 102 Å². The molecule has 4 heteroatoms. The second-order valence-corrected chi connectivity index (χ2v) is 4.19. The van der Waals surface area contributed by atoms with Gasteiger partial charge < -0.3 is 10.4 Å². The molecule has 0 aliphatic carbocycles. The fourth-order valence-electron chi connectivity index (χ4n) is 1.86. The standard InChI is InChI=1S/C13H20N2O2/c1-4-6-10(5-2)15-12-11(13(16)17)9(3)7-8-14-12/h7-8,10H,4-6H2,1-3H3,(H,14,15)(H,16,17). The topological polar surface area (TPSA) is 62.2 Å². The molecule has 4 nitrogen and oxygen atoms in total. The summed E-state index contributed by atoms with van der Waals surface area (Å²) < 4.78 is 0. The minimum Gasteiger partial charge on any atom is -0.478 e. The summed E-state index contributed by atoms with van der Waals surface area (Å²) in [6, 6.07) is 2.00. The highest BCUT2D eigenvalue weighted by atomic mass is 16.4. The number of aromatic carboxylic acids is 1. The molecule has 1 unspecified atom stereocenters. The van der Waals surface area contributed by atoms with Crippen molar-refractivity contribution in [3.63, 3.8) is 0 Å². The molecular formula is C13H20N2O2. The van der Waals surface area contributed by atoms with Crippen LogP contribution in [0.3, 0.4) is 0 Å². The first-order chi connectivity index (χ1) is 8.10. The van der Waals surface area contributed by atoms with E-state index < -0.39 is 5.97 Å². The van der Waals surface area contributed by atoms with Crippen molar-refractivity contribution in [2.24, 2.45) is 0 Å². The molecule has 0 aromatic carbocycles. The van der Waals surface area contributed by atoms with Crippen LogP contribution in [0.1, 0.15) is 49.0 Å². The monoisotopic (exact) mass is 236 g/mol. The van der Waals surface area contributed by atoms with Crippen molar-refractivity contribution in [2.45, 2.75) is 46.1 Å². The van der Waals surface area contributed by atoms with Crippen molar-refractivity contribution < 1.29 is 9.90 Å². The van der Waals surface area contributed by atoms with E-state index in [4.69, 9.17) is 0 Å². The predicted molar refractivity (Wildman–Crippen MR) is 68.5 cm³/mol. The van der Waals surface area contributed by atoms with Crippen molar-refractivity contribution >= 4 is 11.8 Å². The molecule has 0 aliphatic rings. The minimum atomic E-state index is -0.926. The van der Waals surface area contributed by atoms with E-state index in [1.165, 1.54) is 0 Å². The molecule has 2 N–H and O–H groups in total. The number of rotatable bonds is 6. The highest BCUT2D eigenvalue weighted by Gasteiger charge is 2.16. The number of hydrogen-bond acceptors (Lipinski definition) is 3. The number of hydrogen-bond donors (Lipinski definition) is 2. The second kappa shape index (κ2) is 6.23. The van der Waals surface area contributed by atoms with Gasteiger partial charge in [0.1, 0.15) is 11.4 Å². The first kappa shape index (κ1) is 13.5. The molecule has 17 heavy (non-hydrogen) atoms. The van der Waals surface area contributed by atoms with Crippen LogP contribution in [0.4, 0.5) is 5.82 Å². The van der Waals surface area contributed by atoms with Gasteiger partial charge in [-0.15, -0.1) is 0 Å². The molecule has 0 fully saturated rings. The molecule has 1 aromatic rings. The number of nitrogens with one attached hydrogen (secondary N) is 1. The van der Waals surface area contributed by atoms with Crippen LogP contribution in [0.2, 0.25) is 0 Å². The van der Waals surface area contributed by atoms with Gasteiger partial charge >= 0.3 is 5.97 Å². The molecule has 1 rings (SSSR count). The summed E-state index contributed by atoms with van der Waals surface area (Å²) in [5, 5.41) is 12.4. The van der Waals surface area contributed by atoms with Crippen molar-refractivity contribution in [2.75, 3.05) is 5.32 Å². The number of nitrogens with zero attached hydrogens (tertiary/aromatic N) is 1. The Morgan fingerprint density at radius 3 is 2.76 bits per heavy atom. The summed E-state index contributed by atoms with van der Waals surface area (Å²) >= 11 is 0. The molecule has 0 spiro atoms. The van der Waals surface area contributed by atoms with Crippen molar-refractivity contribution in [1.29, 1.82) is 0 Å². The van der Waals surface area contributed by atoms with Gasteiger partial charge in [0.25, 0.3) is 0 Å². The Morgan fingerprint density at radius 2 is 2.24 bits per heavy atom. The van der Waals surface area contributed by atoms with E-state index in [0.29, 0.717) is 5.82 Å². The maximum atomic E-state index is 11.2. The summed E-state index contributed by atoms with van der Waals surface area (Å²) in [7, 11) is 0. The Kier molecular flexibility index (Phi) is 4.94. The Morgan fingerprint density at radius 1 is 1.53 bits per heavy atom. The Bertz CT molecular complexity index is 391. The molecule has 94 valence electrons. The Hall–Kier alpha value is -1.58. The molecule has 0 aliphatic heterocycles. The highest BCUT2D eigenvalue weighted by Crippen LogP contribution is 2.19. The lowest BCUT2D eigenvalue weighted by Gasteiger charge is -2.18. The quantitative estimate of drug-likeness (QED) is 0.796. The smallest absolute Gasteiger partial charge is 0.339 e. The maximum absolute atomic E-state index is 11.2. The van der Waals surface area contributed by atoms with Crippen molar-refractivity contribution in [3.05, 3.63) is 23.4 Å².